The van der Waals surface area contributed by atoms with Crippen LogP contribution in [0.3, 0.4) is 0 Å². The van der Waals surface area contributed by atoms with Crippen molar-refractivity contribution in [1.82, 2.24) is 20.2 Å². The van der Waals surface area contributed by atoms with E-state index in [-0.39, 0.29) is 23.4 Å². The van der Waals surface area contributed by atoms with Gasteiger partial charge in [-0.25, -0.2) is 14.8 Å². The van der Waals surface area contributed by atoms with Gasteiger partial charge in [0.15, 0.2) is 0 Å². The molecule has 1 atom stereocenters. The molecule has 2 N–H and O–H groups in total. The Balaban J connectivity index is 1.89. The summed E-state index contributed by atoms with van der Waals surface area (Å²) >= 11 is 0. The van der Waals surface area contributed by atoms with Crippen molar-refractivity contribution in [3.05, 3.63) is 18.5 Å². The molecule has 1 aromatic heterocycles. The summed E-state index contributed by atoms with van der Waals surface area (Å²) in [6.07, 6.45) is 3.41. The molecule has 3 amide bonds. The molecule has 108 valence electrons. The van der Waals surface area contributed by atoms with Gasteiger partial charge in [-0.05, 0) is 26.8 Å². The van der Waals surface area contributed by atoms with Gasteiger partial charge in [0.05, 0.1) is 6.04 Å². The highest BCUT2D eigenvalue weighted by atomic mass is 16.2. The minimum atomic E-state index is -0.398. The van der Waals surface area contributed by atoms with E-state index in [1.54, 1.807) is 23.4 Å². The predicted molar refractivity (Wildman–Crippen MR) is 74.1 cm³/mol. The van der Waals surface area contributed by atoms with Gasteiger partial charge in [0.2, 0.25) is 11.9 Å². The molecule has 0 aromatic carbocycles. The van der Waals surface area contributed by atoms with Crippen LogP contribution in [0.4, 0.5) is 10.7 Å². The van der Waals surface area contributed by atoms with E-state index in [0.29, 0.717) is 13.0 Å². The Morgan fingerprint density at radius 1 is 1.35 bits per heavy atom. The van der Waals surface area contributed by atoms with E-state index in [1.807, 2.05) is 20.8 Å². The van der Waals surface area contributed by atoms with Gasteiger partial charge in [-0.2, -0.15) is 0 Å². The zero-order valence-corrected chi connectivity index (χ0v) is 11.9. The van der Waals surface area contributed by atoms with Gasteiger partial charge in [-0.1, -0.05) is 0 Å². The fourth-order valence-corrected chi connectivity index (χ4v) is 2.14. The Hall–Kier alpha value is -2.18. The Bertz CT molecular complexity index is 497. The number of likely N-dealkylation sites (tertiary alicyclic amines) is 1. The first-order chi connectivity index (χ1) is 9.36. The molecule has 0 spiro atoms. The van der Waals surface area contributed by atoms with Crippen molar-refractivity contribution in [3.63, 3.8) is 0 Å². The summed E-state index contributed by atoms with van der Waals surface area (Å²) in [5.74, 6) is 0.292. The zero-order valence-electron chi connectivity index (χ0n) is 11.9. The first-order valence-electron chi connectivity index (χ1n) is 6.51. The van der Waals surface area contributed by atoms with Crippen LogP contribution >= 0.6 is 0 Å². The first-order valence-corrected chi connectivity index (χ1v) is 6.51. The van der Waals surface area contributed by atoms with Gasteiger partial charge in [-0.15, -0.1) is 0 Å². The van der Waals surface area contributed by atoms with Crippen LogP contribution in [0.15, 0.2) is 18.5 Å². The van der Waals surface area contributed by atoms with Gasteiger partial charge in [0.1, 0.15) is 0 Å². The van der Waals surface area contributed by atoms with Crippen LogP contribution in [0.1, 0.15) is 27.2 Å². The average Bonchev–Trinajstić information content (AvgIpc) is 2.71. The number of aromatic nitrogens is 2. The lowest BCUT2D eigenvalue weighted by molar-refractivity contribution is -0.131. The monoisotopic (exact) mass is 277 g/mol. The Morgan fingerprint density at radius 3 is 2.55 bits per heavy atom. The standard InChI is InChI=1S/C13H19N5O2/c1-13(2,3)18-8-9(7-10(18)19)16-12(20)17-11-14-5-4-6-15-11/h4-6,9H,7-8H2,1-3H3,(H2,14,15,16,17,20). The third-order valence-electron chi connectivity index (χ3n) is 3.06. The molecule has 0 bridgehead atoms. The second-order valence-corrected chi connectivity index (χ2v) is 5.75. The molecule has 1 unspecified atom stereocenters. The van der Waals surface area contributed by atoms with Crippen molar-refractivity contribution in [3.8, 4) is 0 Å². The van der Waals surface area contributed by atoms with Crippen molar-refractivity contribution in [2.45, 2.75) is 38.8 Å². The number of nitrogens with one attached hydrogen (secondary N) is 2. The largest absolute Gasteiger partial charge is 0.336 e. The van der Waals surface area contributed by atoms with Crippen molar-refractivity contribution in [2.24, 2.45) is 0 Å². The molecule has 7 nitrogen and oxygen atoms in total. The second kappa shape index (κ2) is 5.44. The summed E-state index contributed by atoms with van der Waals surface area (Å²) in [6.45, 7) is 6.45. The van der Waals surface area contributed by atoms with E-state index in [1.165, 1.54) is 0 Å². The lowest BCUT2D eigenvalue weighted by Crippen LogP contribution is -2.45. The van der Waals surface area contributed by atoms with E-state index in [0.717, 1.165) is 0 Å². The molecule has 20 heavy (non-hydrogen) atoms. The minimum absolute atomic E-state index is 0.0544. The Kier molecular flexibility index (Phi) is 3.87. The molecular formula is C13H19N5O2. The van der Waals surface area contributed by atoms with Crippen molar-refractivity contribution in [2.75, 3.05) is 11.9 Å². The SMILES string of the molecule is CC(C)(C)N1CC(NC(=O)Nc2ncccn2)CC1=O. The summed E-state index contributed by atoms with van der Waals surface area (Å²) in [5.41, 5.74) is -0.230. The number of urea groups is 1. The number of carbonyl (C=O) groups is 2. The van der Waals surface area contributed by atoms with Crippen LogP contribution in [-0.4, -0.2) is 44.9 Å². The van der Waals surface area contributed by atoms with E-state index >= 15 is 0 Å². The van der Waals surface area contributed by atoms with Gasteiger partial charge < -0.3 is 10.2 Å². The van der Waals surface area contributed by atoms with Crippen LogP contribution in [0.2, 0.25) is 0 Å². The zero-order chi connectivity index (χ0) is 14.8. The molecule has 2 rings (SSSR count). The Morgan fingerprint density at radius 2 is 2.00 bits per heavy atom. The van der Waals surface area contributed by atoms with E-state index in [9.17, 15) is 9.59 Å². The number of hydrogen-bond acceptors (Lipinski definition) is 4. The number of amides is 3. The highest BCUT2D eigenvalue weighted by Crippen LogP contribution is 2.21. The molecule has 1 aliphatic heterocycles. The number of hydrogen-bond donors (Lipinski definition) is 2. The van der Waals surface area contributed by atoms with E-state index < -0.39 is 6.03 Å². The normalized spacial score (nSPS) is 19.1. The number of nitrogens with zero attached hydrogens (tertiary/aromatic N) is 3. The number of anilines is 1. The van der Waals surface area contributed by atoms with E-state index in [2.05, 4.69) is 20.6 Å². The Labute approximate surface area is 117 Å². The first kappa shape index (κ1) is 14.2. The minimum Gasteiger partial charge on any atom is -0.336 e. The maximum Gasteiger partial charge on any atom is 0.321 e. The van der Waals surface area contributed by atoms with Crippen LogP contribution in [0, 0.1) is 0 Å². The predicted octanol–water partition coefficient (Wildman–Crippen LogP) is 0.997. The highest BCUT2D eigenvalue weighted by Gasteiger charge is 2.36. The summed E-state index contributed by atoms with van der Waals surface area (Å²) < 4.78 is 0. The van der Waals surface area contributed by atoms with Gasteiger partial charge in [-0.3, -0.25) is 10.1 Å². The van der Waals surface area contributed by atoms with Crippen LogP contribution in [0.25, 0.3) is 0 Å². The molecule has 7 heteroatoms. The molecule has 1 fully saturated rings. The topological polar surface area (TPSA) is 87.2 Å². The molecular weight excluding hydrogens is 258 g/mol. The average molecular weight is 277 g/mol. The maximum atomic E-state index is 11.9. The highest BCUT2D eigenvalue weighted by molar-refractivity contribution is 5.89. The van der Waals surface area contributed by atoms with Crippen LogP contribution < -0.4 is 10.6 Å². The van der Waals surface area contributed by atoms with Gasteiger partial charge >= 0.3 is 6.03 Å². The summed E-state index contributed by atoms with van der Waals surface area (Å²) in [6, 6.07) is 1.08. The molecule has 0 radical (unpaired) electrons. The van der Waals surface area contributed by atoms with Crippen LogP contribution in [-0.2, 0) is 4.79 Å². The molecule has 0 aliphatic carbocycles. The lowest BCUT2D eigenvalue weighted by atomic mass is 10.1. The third kappa shape index (κ3) is 3.43. The smallest absolute Gasteiger partial charge is 0.321 e. The third-order valence-corrected chi connectivity index (χ3v) is 3.06. The fraction of sp³-hybridized carbons (Fsp3) is 0.538. The number of rotatable bonds is 2. The molecule has 1 aliphatic rings. The van der Waals surface area contributed by atoms with E-state index in [4.69, 9.17) is 0 Å². The van der Waals surface area contributed by atoms with Crippen molar-refractivity contribution < 1.29 is 9.59 Å². The molecule has 1 aromatic rings. The van der Waals surface area contributed by atoms with Crippen LogP contribution in [0.5, 0.6) is 0 Å². The summed E-state index contributed by atoms with van der Waals surface area (Å²) in [5, 5.41) is 5.30. The van der Waals surface area contributed by atoms with Crippen molar-refractivity contribution >= 4 is 17.9 Å². The quantitative estimate of drug-likeness (QED) is 0.844. The van der Waals surface area contributed by atoms with Gasteiger partial charge in [0.25, 0.3) is 0 Å². The number of carbonyl (C=O) groups excluding carboxylic acids is 2. The van der Waals surface area contributed by atoms with Crippen molar-refractivity contribution in [1.29, 1.82) is 0 Å². The molecule has 2 heterocycles. The molecule has 0 saturated carbocycles. The summed E-state index contributed by atoms with van der Waals surface area (Å²) in [4.78, 5) is 33.3. The maximum absolute atomic E-state index is 11.9. The lowest BCUT2D eigenvalue weighted by Gasteiger charge is -2.32. The van der Waals surface area contributed by atoms with Gasteiger partial charge in [0, 0.05) is 30.9 Å². The molecule has 1 saturated heterocycles. The summed E-state index contributed by atoms with van der Waals surface area (Å²) in [7, 11) is 0. The second-order valence-electron chi connectivity index (χ2n) is 5.75. The fourth-order valence-electron chi connectivity index (χ4n) is 2.14.